The van der Waals surface area contributed by atoms with Gasteiger partial charge in [0, 0.05) is 0 Å². The van der Waals surface area contributed by atoms with Crippen LogP contribution in [0.4, 0.5) is 0 Å². The first kappa shape index (κ1) is 12.5. The first-order valence-electron chi connectivity index (χ1n) is 5.29. The fourth-order valence-corrected chi connectivity index (χ4v) is 1.59. The second kappa shape index (κ2) is 5.51. The largest absolute Gasteiger partial charge is 0.496 e. The summed E-state index contributed by atoms with van der Waals surface area (Å²) in [5.74, 6) is 0.382. The molecule has 4 nitrogen and oxygen atoms in total. The third-order valence-corrected chi connectivity index (χ3v) is 2.55. The maximum Gasteiger partial charge on any atom is 0.234 e. The molecule has 0 bridgehead atoms. The van der Waals surface area contributed by atoms with Gasteiger partial charge in [0.05, 0.1) is 13.2 Å². The van der Waals surface area contributed by atoms with Crippen molar-refractivity contribution in [3.63, 3.8) is 0 Å². The SMILES string of the molecule is CCc1cc(CC(N)C(N)=O)ccc1OC. The maximum absolute atomic E-state index is 10.9. The van der Waals surface area contributed by atoms with Crippen molar-refractivity contribution in [3.05, 3.63) is 29.3 Å². The second-order valence-corrected chi connectivity index (χ2v) is 3.71. The molecule has 0 radical (unpaired) electrons. The van der Waals surface area contributed by atoms with Crippen LogP contribution in [0, 0.1) is 0 Å². The third-order valence-electron chi connectivity index (χ3n) is 2.55. The first-order chi connectivity index (χ1) is 7.58. The summed E-state index contributed by atoms with van der Waals surface area (Å²) >= 11 is 0. The predicted molar refractivity (Wildman–Crippen MR) is 63.2 cm³/mol. The molecule has 4 heteroatoms. The van der Waals surface area contributed by atoms with Gasteiger partial charge in [-0.3, -0.25) is 4.79 Å². The zero-order chi connectivity index (χ0) is 12.1. The lowest BCUT2D eigenvalue weighted by Gasteiger charge is -2.11. The van der Waals surface area contributed by atoms with Crippen LogP contribution in [0.5, 0.6) is 5.75 Å². The van der Waals surface area contributed by atoms with Crippen LogP contribution in [-0.2, 0) is 17.6 Å². The molecule has 0 spiro atoms. The molecule has 0 saturated heterocycles. The Morgan fingerprint density at radius 1 is 1.50 bits per heavy atom. The Labute approximate surface area is 95.6 Å². The van der Waals surface area contributed by atoms with E-state index < -0.39 is 11.9 Å². The van der Waals surface area contributed by atoms with Gasteiger partial charge in [-0.25, -0.2) is 0 Å². The molecule has 88 valence electrons. The number of methoxy groups -OCH3 is 1. The number of carbonyl (C=O) groups excluding carboxylic acids is 1. The molecule has 0 aromatic heterocycles. The molecule has 0 saturated carbocycles. The molecular weight excluding hydrogens is 204 g/mol. The Morgan fingerprint density at radius 3 is 2.69 bits per heavy atom. The highest BCUT2D eigenvalue weighted by Crippen LogP contribution is 2.20. The van der Waals surface area contributed by atoms with E-state index in [1.807, 2.05) is 18.2 Å². The lowest BCUT2D eigenvalue weighted by atomic mass is 10.0. The van der Waals surface area contributed by atoms with Gasteiger partial charge in [0.25, 0.3) is 0 Å². The first-order valence-corrected chi connectivity index (χ1v) is 5.29. The Bertz CT molecular complexity index is 377. The molecule has 0 aliphatic rings. The van der Waals surface area contributed by atoms with Crippen LogP contribution >= 0.6 is 0 Å². The van der Waals surface area contributed by atoms with Crippen LogP contribution in [0.2, 0.25) is 0 Å². The normalized spacial score (nSPS) is 12.2. The van der Waals surface area contributed by atoms with Crippen molar-refractivity contribution in [3.8, 4) is 5.75 Å². The Balaban J connectivity index is 2.86. The Hall–Kier alpha value is -1.55. The van der Waals surface area contributed by atoms with E-state index >= 15 is 0 Å². The molecule has 0 heterocycles. The van der Waals surface area contributed by atoms with Crippen LogP contribution in [0.1, 0.15) is 18.1 Å². The lowest BCUT2D eigenvalue weighted by Crippen LogP contribution is -2.38. The summed E-state index contributed by atoms with van der Waals surface area (Å²) in [6, 6.07) is 5.17. The van der Waals surface area contributed by atoms with Crippen molar-refractivity contribution in [1.82, 2.24) is 0 Å². The van der Waals surface area contributed by atoms with Crippen LogP contribution in [0.15, 0.2) is 18.2 Å². The number of carbonyl (C=O) groups is 1. The van der Waals surface area contributed by atoms with Crippen molar-refractivity contribution < 1.29 is 9.53 Å². The Morgan fingerprint density at radius 2 is 2.19 bits per heavy atom. The fraction of sp³-hybridized carbons (Fsp3) is 0.417. The van der Waals surface area contributed by atoms with Gasteiger partial charge in [-0.15, -0.1) is 0 Å². The number of benzene rings is 1. The van der Waals surface area contributed by atoms with Gasteiger partial charge in [-0.05, 0) is 30.0 Å². The second-order valence-electron chi connectivity index (χ2n) is 3.71. The number of nitrogens with two attached hydrogens (primary N) is 2. The average Bonchev–Trinajstić information content (AvgIpc) is 2.28. The van der Waals surface area contributed by atoms with E-state index in [-0.39, 0.29) is 0 Å². The molecule has 1 aromatic rings. The molecule has 1 unspecified atom stereocenters. The van der Waals surface area contributed by atoms with E-state index in [0.29, 0.717) is 6.42 Å². The zero-order valence-electron chi connectivity index (χ0n) is 9.69. The zero-order valence-corrected chi connectivity index (χ0v) is 9.69. The molecule has 1 aromatic carbocycles. The minimum atomic E-state index is -0.627. The molecule has 1 atom stereocenters. The number of hydrogen-bond donors (Lipinski definition) is 2. The fourth-order valence-electron chi connectivity index (χ4n) is 1.59. The minimum absolute atomic E-state index is 0.465. The van der Waals surface area contributed by atoms with E-state index in [0.717, 1.165) is 23.3 Å². The summed E-state index contributed by atoms with van der Waals surface area (Å²) < 4.78 is 5.22. The summed E-state index contributed by atoms with van der Waals surface area (Å²) in [6.07, 6.45) is 1.34. The highest BCUT2D eigenvalue weighted by atomic mass is 16.5. The van der Waals surface area contributed by atoms with Crippen molar-refractivity contribution in [2.75, 3.05) is 7.11 Å². The quantitative estimate of drug-likeness (QED) is 0.766. The summed E-state index contributed by atoms with van der Waals surface area (Å²) in [7, 11) is 1.64. The molecule has 4 N–H and O–H groups in total. The van der Waals surface area contributed by atoms with Crippen molar-refractivity contribution in [2.24, 2.45) is 11.5 Å². The summed E-state index contributed by atoms with van der Waals surface area (Å²) in [6.45, 7) is 2.05. The van der Waals surface area contributed by atoms with Crippen LogP contribution < -0.4 is 16.2 Å². The number of rotatable bonds is 5. The van der Waals surface area contributed by atoms with Crippen molar-refractivity contribution in [1.29, 1.82) is 0 Å². The van der Waals surface area contributed by atoms with E-state index in [2.05, 4.69) is 6.92 Å². The van der Waals surface area contributed by atoms with Crippen molar-refractivity contribution >= 4 is 5.91 Å². The van der Waals surface area contributed by atoms with E-state index in [4.69, 9.17) is 16.2 Å². The van der Waals surface area contributed by atoms with Crippen molar-refractivity contribution in [2.45, 2.75) is 25.8 Å². The Kier molecular flexibility index (Phi) is 4.31. The minimum Gasteiger partial charge on any atom is -0.496 e. The predicted octanol–water partition coefficient (Wildman–Crippen LogP) is 0.613. The van der Waals surface area contributed by atoms with Gasteiger partial charge in [-0.1, -0.05) is 19.1 Å². The summed E-state index contributed by atoms with van der Waals surface area (Å²) in [5.41, 5.74) is 12.8. The molecule has 16 heavy (non-hydrogen) atoms. The van der Waals surface area contributed by atoms with Crippen LogP contribution in [0.3, 0.4) is 0 Å². The van der Waals surface area contributed by atoms with Gasteiger partial charge in [0.1, 0.15) is 5.75 Å². The van der Waals surface area contributed by atoms with E-state index in [1.165, 1.54) is 0 Å². The van der Waals surface area contributed by atoms with Gasteiger partial charge in [0.15, 0.2) is 0 Å². The van der Waals surface area contributed by atoms with Gasteiger partial charge < -0.3 is 16.2 Å². The number of hydrogen-bond acceptors (Lipinski definition) is 3. The molecule has 1 amide bonds. The van der Waals surface area contributed by atoms with E-state index in [9.17, 15) is 4.79 Å². The standard InChI is InChI=1S/C12H18N2O2/c1-3-9-6-8(4-5-11(9)16-2)7-10(13)12(14)15/h4-6,10H,3,7,13H2,1-2H3,(H2,14,15). The van der Waals surface area contributed by atoms with Gasteiger partial charge >= 0.3 is 0 Å². The number of ether oxygens (including phenoxy) is 1. The lowest BCUT2D eigenvalue weighted by molar-refractivity contribution is -0.119. The molecule has 0 aliphatic heterocycles. The van der Waals surface area contributed by atoms with E-state index in [1.54, 1.807) is 7.11 Å². The molecule has 0 fully saturated rings. The maximum atomic E-state index is 10.9. The van der Waals surface area contributed by atoms with Gasteiger partial charge in [-0.2, -0.15) is 0 Å². The molecule has 0 aliphatic carbocycles. The highest BCUT2D eigenvalue weighted by Gasteiger charge is 2.11. The smallest absolute Gasteiger partial charge is 0.234 e. The van der Waals surface area contributed by atoms with Crippen LogP contribution in [0.25, 0.3) is 0 Å². The number of amides is 1. The average molecular weight is 222 g/mol. The number of aryl methyl sites for hydroxylation is 1. The summed E-state index contributed by atoms with van der Waals surface area (Å²) in [5, 5.41) is 0. The molecule has 1 rings (SSSR count). The summed E-state index contributed by atoms with van der Waals surface area (Å²) in [4.78, 5) is 10.9. The van der Waals surface area contributed by atoms with Gasteiger partial charge in [0.2, 0.25) is 5.91 Å². The topological polar surface area (TPSA) is 78.3 Å². The monoisotopic (exact) mass is 222 g/mol. The third kappa shape index (κ3) is 2.97. The van der Waals surface area contributed by atoms with Crippen LogP contribution in [-0.4, -0.2) is 19.1 Å². The number of primary amides is 1. The highest BCUT2D eigenvalue weighted by molar-refractivity contribution is 5.79. The molecular formula is C12H18N2O2.